The van der Waals surface area contributed by atoms with Crippen LogP contribution < -0.4 is 5.73 Å². The van der Waals surface area contributed by atoms with E-state index in [-0.39, 0.29) is 17.6 Å². The fraction of sp³-hybridized carbons (Fsp3) is 0.933. The number of hydrogen-bond acceptors (Lipinski definition) is 3. The lowest BCUT2D eigenvalue weighted by atomic mass is 9.89. The number of rotatable bonds is 7. The summed E-state index contributed by atoms with van der Waals surface area (Å²) in [4.78, 5) is 13.4. The molecule has 0 aromatic carbocycles. The van der Waals surface area contributed by atoms with Crippen molar-refractivity contribution in [2.24, 2.45) is 11.1 Å². The monoisotopic (exact) mass is 302 g/mol. The lowest BCUT2D eigenvalue weighted by molar-refractivity contribution is 0.113. The van der Waals surface area contributed by atoms with Gasteiger partial charge in [-0.15, -0.1) is 0 Å². The largest absolute Gasteiger partial charge is 0.450 e. The van der Waals surface area contributed by atoms with E-state index in [1.54, 1.807) is 11.9 Å². The zero-order valence-electron chi connectivity index (χ0n) is 14.5. The number of likely N-dealkylation sites (N-methyl/N-ethyl adjacent to an activating group) is 1. The molecule has 1 atom stereocenters. The number of carbonyl (C=O) groups is 1. The van der Waals surface area contributed by atoms with Crippen molar-refractivity contribution in [1.82, 2.24) is 4.90 Å². The van der Waals surface area contributed by atoms with Crippen molar-refractivity contribution in [1.29, 1.82) is 0 Å². The van der Waals surface area contributed by atoms with Crippen LogP contribution in [0.15, 0.2) is 0 Å². The molecule has 0 rings (SSSR count). The summed E-state index contributed by atoms with van der Waals surface area (Å²) >= 11 is 0. The van der Waals surface area contributed by atoms with Gasteiger partial charge in [-0.25, -0.2) is 4.79 Å². The van der Waals surface area contributed by atoms with Crippen molar-refractivity contribution in [2.75, 3.05) is 20.2 Å². The first-order chi connectivity index (χ1) is 8.91. The molecule has 0 aliphatic carbocycles. The molecule has 4 nitrogen and oxygen atoms in total. The predicted octanol–water partition coefficient (Wildman–Crippen LogP) is 3.55. The van der Waals surface area contributed by atoms with Gasteiger partial charge in [0.2, 0.25) is 0 Å². The van der Waals surface area contributed by atoms with Gasteiger partial charge in [-0.05, 0) is 24.3 Å². The molecule has 0 fully saturated rings. The smallest absolute Gasteiger partial charge is 0.409 e. The lowest BCUT2D eigenvalue weighted by Gasteiger charge is -2.25. The Morgan fingerprint density at radius 2 is 1.85 bits per heavy atom. The maximum Gasteiger partial charge on any atom is 0.409 e. The topological polar surface area (TPSA) is 55.6 Å². The van der Waals surface area contributed by atoms with Gasteiger partial charge in [0.05, 0.1) is 6.61 Å². The fourth-order valence-corrected chi connectivity index (χ4v) is 2.41. The van der Waals surface area contributed by atoms with Crippen LogP contribution in [0.3, 0.4) is 0 Å². The molecule has 2 N–H and O–H groups in total. The summed E-state index contributed by atoms with van der Waals surface area (Å²) in [6.07, 6.45) is 1.73. The maximum absolute atomic E-state index is 11.8. The molecule has 1 amide bonds. The summed E-state index contributed by atoms with van der Waals surface area (Å²) in [5, 5.41) is 0. The summed E-state index contributed by atoms with van der Waals surface area (Å²) in [7, 11) is 0.613. The van der Waals surface area contributed by atoms with Crippen molar-refractivity contribution < 1.29 is 9.53 Å². The number of ether oxygens (including phenoxy) is 1. The second kappa shape index (κ2) is 8.03. The second-order valence-corrected chi connectivity index (χ2v) is 13.8. The van der Waals surface area contributed by atoms with E-state index in [0.29, 0.717) is 13.2 Å². The van der Waals surface area contributed by atoms with Crippen LogP contribution >= 0.6 is 0 Å². The van der Waals surface area contributed by atoms with Crippen molar-refractivity contribution in [3.05, 3.63) is 0 Å². The van der Waals surface area contributed by atoms with Crippen LogP contribution in [0.5, 0.6) is 0 Å². The highest BCUT2D eigenvalue weighted by Crippen LogP contribution is 2.21. The average Bonchev–Trinajstić information content (AvgIpc) is 2.23. The minimum absolute atomic E-state index is 0.0174. The molecular weight excluding hydrogens is 268 g/mol. The van der Waals surface area contributed by atoms with Gasteiger partial charge in [0.25, 0.3) is 0 Å². The van der Waals surface area contributed by atoms with E-state index in [1.165, 1.54) is 0 Å². The van der Waals surface area contributed by atoms with Crippen molar-refractivity contribution >= 4 is 14.2 Å². The van der Waals surface area contributed by atoms with Gasteiger partial charge in [0.15, 0.2) is 0 Å². The molecule has 0 bridgehead atoms. The van der Waals surface area contributed by atoms with Crippen LogP contribution in [0, 0.1) is 5.41 Å². The molecule has 0 aliphatic heterocycles. The molecule has 5 heteroatoms. The van der Waals surface area contributed by atoms with Crippen molar-refractivity contribution in [3.63, 3.8) is 0 Å². The molecule has 0 aliphatic rings. The molecule has 0 unspecified atom stereocenters. The molecule has 0 spiro atoms. The van der Waals surface area contributed by atoms with Crippen LogP contribution in [0.2, 0.25) is 25.7 Å². The second-order valence-electron chi connectivity index (χ2n) is 8.16. The Morgan fingerprint density at radius 1 is 1.30 bits per heavy atom. The van der Waals surface area contributed by atoms with Crippen molar-refractivity contribution in [2.45, 2.75) is 65.3 Å². The predicted molar refractivity (Wildman–Crippen MR) is 88.8 cm³/mol. The van der Waals surface area contributed by atoms with Gasteiger partial charge in [0, 0.05) is 27.7 Å². The van der Waals surface area contributed by atoms with E-state index < -0.39 is 8.07 Å². The van der Waals surface area contributed by atoms with E-state index in [2.05, 4.69) is 40.4 Å². The summed E-state index contributed by atoms with van der Waals surface area (Å²) in [5.41, 5.74) is 6.36. The minimum Gasteiger partial charge on any atom is -0.450 e. The first-order valence-electron chi connectivity index (χ1n) is 7.54. The van der Waals surface area contributed by atoms with Crippen LogP contribution in [0.4, 0.5) is 4.79 Å². The summed E-state index contributed by atoms with van der Waals surface area (Å²) in [6.45, 7) is 14.5. The van der Waals surface area contributed by atoms with Crippen LogP contribution in [-0.2, 0) is 4.74 Å². The van der Waals surface area contributed by atoms with Crippen LogP contribution in [0.25, 0.3) is 0 Å². The lowest BCUT2D eigenvalue weighted by Crippen LogP contribution is -2.39. The highest BCUT2D eigenvalue weighted by Gasteiger charge is 2.18. The Bertz CT molecular complexity index is 295. The molecule has 0 saturated carbocycles. The van der Waals surface area contributed by atoms with E-state index in [0.717, 1.165) is 18.9 Å². The molecular formula is C15H34N2O2Si. The van der Waals surface area contributed by atoms with Gasteiger partial charge in [-0.2, -0.15) is 0 Å². The Kier molecular flexibility index (Phi) is 7.81. The quantitative estimate of drug-likeness (QED) is 0.732. The number of carbonyl (C=O) groups excluding carboxylic acids is 1. The molecule has 0 aromatic heterocycles. The summed E-state index contributed by atoms with van der Waals surface area (Å²) in [6, 6.07) is 1.02. The Labute approximate surface area is 126 Å². The third-order valence-electron chi connectivity index (χ3n) is 3.16. The van der Waals surface area contributed by atoms with Crippen LogP contribution in [-0.4, -0.2) is 45.3 Å². The van der Waals surface area contributed by atoms with Gasteiger partial charge < -0.3 is 15.4 Å². The molecule has 0 radical (unpaired) electrons. The van der Waals surface area contributed by atoms with Gasteiger partial charge >= 0.3 is 6.09 Å². The molecule has 120 valence electrons. The molecule has 0 saturated heterocycles. The number of nitrogens with zero attached hydrogens (tertiary/aromatic N) is 1. The third-order valence-corrected chi connectivity index (χ3v) is 4.87. The highest BCUT2D eigenvalue weighted by molar-refractivity contribution is 6.76. The highest BCUT2D eigenvalue weighted by atomic mass is 28.3. The van der Waals surface area contributed by atoms with Gasteiger partial charge in [-0.3, -0.25) is 0 Å². The Balaban J connectivity index is 3.95. The number of amides is 1. The van der Waals surface area contributed by atoms with E-state index >= 15 is 0 Å². The van der Waals surface area contributed by atoms with Gasteiger partial charge in [-0.1, -0.05) is 40.4 Å². The first kappa shape index (κ1) is 19.4. The fourth-order valence-electron chi connectivity index (χ4n) is 1.69. The zero-order chi connectivity index (χ0) is 16.0. The Hall–Kier alpha value is -0.553. The minimum atomic E-state index is -1.14. The Morgan fingerprint density at radius 3 is 2.30 bits per heavy atom. The zero-order valence-corrected chi connectivity index (χ0v) is 15.5. The normalized spacial score (nSPS) is 14.0. The number of nitrogens with two attached hydrogens (primary N) is 1. The SMILES string of the molecule is CN(C[C@@H](N)CCC(C)(C)C)C(=O)OCC[Si](C)(C)C. The maximum atomic E-state index is 11.8. The molecule has 20 heavy (non-hydrogen) atoms. The molecule has 0 aromatic rings. The van der Waals surface area contributed by atoms with Crippen molar-refractivity contribution in [3.8, 4) is 0 Å². The summed E-state index contributed by atoms with van der Waals surface area (Å²) in [5.74, 6) is 0. The van der Waals surface area contributed by atoms with E-state index in [9.17, 15) is 4.79 Å². The average molecular weight is 303 g/mol. The first-order valence-corrected chi connectivity index (χ1v) is 11.2. The van der Waals surface area contributed by atoms with Crippen LogP contribution in [0.1, 0.15) is 33.6 Å². The van der Waals surface area contributed by atoms with E-state index in [1.807, 2.05) is 0 Å². The third kappa shape index (κ3) is 11.3. The summed E-state index contributed by atoms with van der Waals surface area (Å²) < 4.78 is 5.29. The van der Waals surface area contributed by atoms with Gasteiger partial charge in [0.1, 0.15) is 0 Å². The van der Waals surface area contributed by atoms with E-state index in [4.69, 9.17) is 10.5 Å². The molecule has 0 heterocycles. The standard InChI is InChI=1S/C15H34N2O2Si/c1-15(2,3)9-8-13(16)12-17(4)14(18)19-10-11-20(5,6)7/h13H,8-12,16H2,1-7H3/t13-/m0/s1. The number of hydrogen-bond donors (Lipinski definition) is 1.